The number of nitrogens with two attached hydrogens (primary N) is 1. The maximum absolute atomic E-state index is 11.4. The van der Waals surface area contributed by atoms with Crippen LogP contribution in [-0.2, 0) is 0 Å². The Hall–Kier alpha value is -2.93. The third kappa shape index (κ3) is 3.07. The van der Waals surface area contributed by atoms with Crippen molar-refractivity contribution in [2.24, 2.45) is 5.73 Å². The normalized spacial score (nSPS) is 12.2. The van der Waals surface area contributed by atoms with Gasteiger partial charge in [0.05, 0.1) is 24.5 Å². The summed E-state index contributed by atoms with van der Waals surface area (Å²) >= 11 is 0. The molecule has 1 atom stereocenters. The van der Waals surface area contributed by atoms with E-state index in [9.17, 15) is 9.90 Å². The Morgan fingerprint density at radius 1 is 1.38 bits per heavy atom. The van der Waals surface area contributed by atoms with Gasteiger partial charge in [-0.3, -0.25) is 4.79 Å². The zero-order valence-electron chi connectivity index (χ0n) is 13.3. The molecule has 0 spiro atoms. The van der Waals surface area contributed by atoms with Crippen molar-refractivity contribution in [1.82, 2.24) is 14.6 Å². The number of aliphatic hydroxyl groups excluding tert-OH is 1. The Bertz CT molecular complexity index is 870. The van der Waals surface area contributed by atoms with E-state index in [0.29, 0.717) is 17.0 Å². The van der Waals surface area contributed by atoms with Crippen LogP contribution in [0.5, 0.6) is 0 Å². The molecule has 3 rings (SSSR count). The summed E-state index contributed by atoms with van der Waals surface area (Å²) in [5.41, 5.74) is 8.03. The lowest BCUT2D eigenvalue weighted by Gasteiger charge is -2.14. The lowest BCUT2D eigenvalue weighted by molar-refractivity contribution is 0.100. The summed E-state index contributed by atoms with van der Waals surface area (Å²) in [4.78, 5) is 15.7. The first-order chi connectivity index (χ1) is 11.6. The largest absolute Gasteiger partial charge is 0.394 e. The fraction of sp³-hybridized carbons (Fsp3) is 0.235. The lowest BCUT2D eigenvalue weighted by Crippen LogP contribution is -2.23. The van der Waals surface area contributed by atoms with E-state index >= 15 is 0 Å². The number of anilines is 1. The van der Waals surface area contributed by atoms with Gasteiger partial charge in [0, 0.05) is 11.1 Å². The molecular formula is C17H19N5O2. The third-order valence-corrected chi connectivity index (χ3v) is 3.87. The van der Waals surface area contributed by atoms with Gasteiger partial charge in [-0.2, -0.15) is 0 Å². The van der Waals surface area contributed by atoms with Gasteiger partial charge in [0.1, 0.15) is 5.82 Å². The molecule has 7 heteroatoms. The van der Waals surface area contributed by atoms with Gasteiger partial charge in [-0.05, 0) is 30.7 Å². The Balaban J connectivity index is 2.02. The predicted molar refractivity (Wildman–Crippen MR) is 91.7 cm³/mol. The Morgan fingerprint density at radius 2 is 2.21 bits per heavy atom. The van der Waals surface area contributed by atoms with Crippen LogP contribution in [0.15, 0.2) is 42.6 Å². The second-order valence-corrected chi connectivity index (χ2v) is 5.51. The van der Waals surface area contributed by atoms with E-state index in [1.165, 1.54) is 0 Å². The number of nitrogens with one attached hydrogen (secondary N) is 1. The maximum atomic E-state index is 11.4. The van der Waals surface area contributed by atoms with Crippen LogP contribution < -0.4 is 11.1 Å². The number of primary amides is 1. The fourth-order valence-electron chi connectivity index (χ4n) is 2.46. The van der Waals surface area contributed by atoms with Gasteiger partial charge in [0.15, 0.2) is 5.65 Å². The highest BCUT2D eigenvalue weighted by Crippen LogP contribution is 2.22. The highest BCUT2D eigenvalue weighted by molar-refractivity contribution is 5.94. The molecule has 0 aliphatic rings. The number of nitrogens with zero attached hydrogens (tertiary/aromatic N) is 3. The Morgan fingerprint density at radius 3 is 2.92 bits per heavy atom. The summed E-state index contributed by atoms with van der Waals surface area (Å²) in [5.74, 6) is 0.170. The number of carbonyl (C=O) groups is 1. The Labute approximate surface area is 139 Å². The van der Waals surface area contributed by atoms with E-state index in [1.54, 1.807) is 28.9 Å². The van der Waals surface area contributed by atoms with Crippen LogP contribution in [0, 0.1) is 0 Å². The van der Waals surface area contributed by atoms with Crippen LogP contribution in [0.4, 0.5) is 5.82 Å². The number of hydrogen-bond acceptors (Lipinski definition) is 5. The van der Waals surface area contributed by atoms with E-state index in [-0.39, 0.29) is 12.6 Å². The summed E-state index contributed by atoms with van der Waals surface area (Å²) in [6, 6.07) is 10.7. The van der Waals surface area contributed by atoms with Crippen molar-refractivity contribution < 1.29 is 9.90 Å². The minimum atomic E-state index is -0.477. The molecule has 0 saturated heterocycles. The number of carbonyl (C=O) groups excluding carboxylic acids is 1. The van der Waals surface area contributed by atoms with Gasteiger partial charge >= 0.3 is 0 Å². The molecule has 1 unspecified atom stereocenters. The number of aromatic nitrogens is 3. The van der Waals surface area contributed by atoms with Crippen molar-refractivity contribution in [1.29, 1.82) is 0 Å². The first-order valence-electron chi connectivity index (χ1n) is 7.74. The van der Waals surface area contributed by atoms with Crippen molar-refractivity contribution in [3.8, 4) is 11.3 Å². The molecule has 2 aromatic heterocycles. The third-order valence-electron chi connectivity index (χ3n) is 3.87. The number of rotatable bonds is 6. The van der Waals surface area contributed by atoms with Crippen LogP contribution >= 0.6 is 0 Å². The van der Waals surface area contributed by atoms with Crippen molar-refractivity contribution in [2.45, 2.75) is 19.4 Å². The molecule has 24 heavy (non-hydrogen) atoms. The number of imidazole rings is 1. The molecule has 0 aliphatic carbocycles. The summed E-state index contributed by atoms with van der Waals surface area (Å²) < 4.78 is 1.70. The van der Waals surface area contributed by atoms with E-state index in [1.807, 2.05) is 25.1 Å². The maximum Gasteiger partial charge on any atom is 0.248 e. The van der Waals surface area contributed by atoms with Crippen molar-refractivity contribution >= 4 is 17.4 Å². The van der Waals surface area contributed by atoms with E-state index in [0.717, 1.165) is 17.7 Å². The van der Waals surface area contributed by atoms with E-state index in [2.05, 4.69) is 15.4 Å². The van der Waals surface area contributed by atoms with Crippen LogP contribution in [0.3, 0.4) is 0 Å². The molecule has 0 bridgehead atoms. The minimum Gasteiger partial charge on any atom is -0.394 e. The van der Waals surface area contributed by atoms with Crippen molar-refractivity contribution in [3.63, 3.8) is 0 Å². The first kappa shape index (κ1) is 15.9. The summed E-state index contributed by atoms with van der Waals surface area (Å²) in [6.07, 6.45) is 2.49. The second-order valence-electron chi connectivity index (χ2n) is 5.51. The quantitative estimate of drug-likeness (QED) is 0.639. The van der Waals surface area contributed by atoms with Gasteiger partial charge in [-0.25, -0.2) is 9.50 Å². The van der Waals surface area contributed by atoms with Gasteiger partial charge in [-0.1, -0.05) is 19.1 Å². The predicted octanol–water partition coefficient (Wildman–Crippen LogP) is 1.68. The zero-order chi connectivity index (χ0) is 17.1. The molecule has 1 aromatic carbocycles. The topological polar surface area (TPSA) is 106 Å². The molecule has 124 valence electrons. The molecule has 0 aliphatic heterocycles. The van der Waals surface area contributed by atoms with Gasteiger partial charge in [-0.15, -0.1) is 5.10 Å². The minimum absolute atomic E-state index is 0.0354. The highest BCUT2D eigenvalue weighted by atomic mass is 16.3. The number of fused-ring (bicyclic) bond motifs is 1. The molecule has 0 saturated carbocycles. The molecule has 3 aromatic rings. The smallest absolute Gasteiger partial charge is 0.248 e. The molecule has 0 radical (unpaired) electrons. The average Bonchev–Trinajstić information content (AvgIpc) is 3.03. The number of hydrogen-bond donors (Lipinski definition) is 3. The van der Waals surface area contributed by atoms with Gasteiger partial charge < -0.3 is 16.2 Å². The highest BCUT2D eigenvalue weighted by Gasteiger charge is 2.11. The molecule has 0 fully saturated rings. The SMILES string of the molecule is CCC(CO)Nc1ccc2ncc(-c3cccc(C(N)=O)c3)n2n1. The van der Waals surface area contributed by atoms with Crippen LogP contribution in [0.25, 0.3) is 16.9 Å². The number of amides is 1. The van der Waals surface area contributed by atoms with Gasteiger partial charge in [0.2, 0.25) is 5.91 Å². The monoisotopic (exact) mass is 325 g/mol. The van der Waals surface area contributed by atoms with Crippen LogP contribution in [-0.4, -0.2) is 38.3 Å². The lowest BCUT2D eigenvalue weighted by atomic mass is 10.1. The van der Waals surface area contributed by atoms with Gasteiger partial charge in [0.25, 0.3) is 0 Å². The molecule has 2 heterocycles. The molecule has 1 amide bonds. The standard InChI is InChI=1S/C17H19N5O2/c1-2-13(10-23)20-15-6-7-16-19-9-14(22(16)21-15)11-4-3-5-12(8-11)17(18)24/h3-9,13,23H,2,10H2,1H3,(H2,18,24)(H,20,21). The van der Waals surface area contributed by atoms with Crippen molar-refractivity contribution in [3.05, 3.63) is 48.2 Å². The zero-order valence-corrected chi connectivity index (χ0v) is 13.3. The van der Waals surface area contributed by atoms with E-state index in [4.69, 9.17) is 5.73 Å². The summed E-state index contributed by atoms with van der Waals surface area (Å²) in [7, 11) is 0. The first-order valence-corrected chi connectivity index (χ1v) is 7.74. The Kier molecular flexibility index (Phi) is 4.43. The molecule has 7 nitrogen and oxygen atoms in total. The fourth-order valence-corrected chi connectivity index (χ4v) is 2.46. The molecular weight excluding hydrogens is 306 g/mol. The molecule has 4 N–H and O–H groups in total. The summed E-state index contributed by atoms with van der Waals surface area (Å²) in [6.45, 7) is 2.03. The summed E-state index contributed by atoms with van der Waals surface area (Å²) in [5, 5.41) is 17.0. The van der Waals surface area contributed by atoms with Crippen molar-refractivity contribution in [2.75, 3.05) is 11.9 Å². The number of benzene rings is 1. The van der Waals surface area contributed by atoms with Crippen LogP contribution in [0.1, 0.15) is 23.7 Å². The second kappa shape index (κ2) is 6.67. The van der Waals surface area contributed by atoms with Crippen LogP contribution in [0.2, 0.25) is 0 Å². The number of aliphatic hydroxyl groups is 1. The average molecular weight is 325 g/mol. The van der Waals surface area contributed by atoms with E-state index < -0.39 is 5.91 Å².